The van der Waals surface area contributed by atoms with Crippen molar-refractivity contribution in [2.75, 3.05) is 0 Å². The molecule has 0 fully saturated rings. The lowest BCUT2D eigenvalue weighted by atomic mass is 9.92. The highest BCUT2D eigenvalue weighted by atomic mass is 35.5. The molecule has 4 heteroatoms. The normalized spacial score (nSPS) is 20.9. The van der Waals surface area contributed by atoms with E-state index in [1.54, 1.807) is 12.1 Å². The number of hydrogen-bond acceptors (Lipinski definition) is 2. The van der Waals surface area contributed by atoms with Gasteiger partial charge in [0.05, 0.1) is 12.1 Å². The summed E-state index contributed by atoms with van der Waals surface area (Å²) >= 11 is 5.98. The molecule has 3 aromatic carbocycles. The molecule has 136 valence electrons. The van der Waals surface area contributed by atoms with Crippen LogP contribution in [0.2, 0.25) is 5.02 Å². The molecule has 4 rings (SSSR count). The molecule has 1 aliphatic carbocycles. The summed E-state index contributed by atoms with van der Waals surface area (Å²) in [6.45, 7) is 0. The van der Waals surface area contributed by atoms with Crippen molar-refractivity contribution in [3.8, 4) is 0 Å². The monoisotopic (exact) mass is 377 g/mol. The van der Waals surface area contributed by atoms with Gasteiger partial charge in [0, 0.05) is 16.5 Å². The second kappa shape index (κ2) is 7.55. The third kappa shape index (κ3) is 3.61. The third-order valence-electron chi connectivity index (χ3n) is 5.18. The highest BCUT2D eigenvalue weighted by molar-refractivity contribution is 6.30. The molecule has 0 bridgehead atoms. The topological polar surface area (TPSA) is 49.3 Å². The van der Waals surface area contributed by atoms with E-state index >= 15 is 0 Å². The van der Waals surface area contributed by atoms with Crippen LogP contribution in [-0.4, -0.2) is 17.1 Å². The fraction of sp³-hybridized carbons (Fsp3) is 0.174. The number of amides is 1. The van der Waals surface area contributed by atoms with Crippen molar-refractivity contribution < 1.29 is 9.90 Å². The van der Waals surface area contributed by atoms with Gasteiger partial charge in [-0.1, -0.05) is 66.2 Å². The minimum atomic E-state index is -0.689. The van der Waals surface area contributed by atoms with Crippen LogP contribution in [0, 0.1) is 0 Å². The lowest BCUT2D eigenvalue weighted by molar-refractivity contribution is 0.0813. The number of aliphatic hydroxyl groups excluding tert-OH is 1. The molecule has 1 aliphatic rings. The molecule has 3 atom stereocenters. The molecule has 27 heavy (non-hydrogen) atoms. The first-order valence-corrected chi connectivity index (χ1v) is 9.38. The quantitative estimate of drug-likeness (QED) is 0.702. The Bertz CT molecular complexity index is 940. The number of hydrogen-bond donors (Lipinski definition) is 2. The van der Waals surface area contributed by atoms with Gasteiger partial charge in [-0.25, -0.2) is 0 Å². The van der Waals surface area contributed by atoms with E-state index in [4.69, 9.17) is 11.6 Å². The molecule has 3 aromatic rings. The van der Waals surface area contributed by atoms with Crippen molar-refractivity contribution in [3.63, 3.8) is 0 Å². The fourth-order valence-electron chi connectivity index (χ4n) is 3.81. The maximum Gasteiger partial charge on any atom is 0.251 e. The second-order valence-electron chi connectivity index (χ2n) is 6.87. The Morgan fingerprint density at radius 3 is 2.22 bits per heavy atom. The number of nitrogens with one attached hydrogen (secondary N) is 1. The summed E-state index contributed by atoms with van der Waals surface area (Å²) in [4.78, 5) is 12.6. The minimum Gasteiger partial charge on any atom is -0.390 e. The molecular formula is C23H20ClNO2. The maximum atomic E-state index is 12.6. The first-order valence-electron chi connectivity index (χ1n) is 9.01. The van der Waals surface area contributed by atoms with Crippen LogP contribution in [0.1, 0.15) is 39.0 Å². The van der Waals surface area contributed by atoms with Crippen molar-refractivity contribution in [2.45, 2.75) is 24.5 Å². The van der Waals surface area contributed by atoms with Crippen LogP contribution >= 0.6 is 11.6 Å². The number of rotatable bonds is 4. The highest BCUT2D eigenvalue weighted by Gasteiger charge is 2.40. The third-order valence-corrected chi connectivity index (χ3v) is 5.43. The average Bonchev–Trinajstić information content (AvgIpc) is 2.96. The Balaban J connectivity index is 1.60. The largest absolute Gasteiger partial charge is 0.390 e. The summed E-state index contributed by atoms with van der Waals surface area (Å²) in [7, 11) is 0. The Kier molecular flexibility index (Phi) is 4.97. The Hall–Kier alpha value is -2.62. The average molecular weight is 378 g/mol. The summed E-state index contributed by atoms with van der Waals surface area (Å²) in [5.41, 5.74) is 3.75. The zero-order chi connectivity index (χ0) is 18.8. The van der Waals surface area contributed by atoms with Gasteiger partial charge < -0.3 is 10.4 Å². The van der Waals surface area contributed by atoms with Crippen LogP contribution in [0.4, 0.5) is 0 Å². The van der Waals surface area contributed by atoms with Gasteiger partial charge in [-0.2, -0.15) is 0 Å². The van der Waals surface area contributed by atoms with Crippen molar-refractivity contribution in [2.24, 2.45) is 0 Å². The molecule has 0 aromatic heterocycles. The molecule has 0 saturated carbocycles. The lowest BCUT2D eigenvalue weighted by Crippen LogP contribution is -2.35. The summed E-state index contributed by atoms with van der Waals surface area (Å²) in [5, 5.41) is 14.8. The van der Waals surface area contributed by atoms with Crippen LogP contribution in [0.5, 0.6) is 0 Å². The molecule has 1 amide bonds. The summed E-state index contributed by atoms with van der Waals surface area (Å²) in [6.07, 6.45) is -0.00157. The van der Waals surface area contributed by atoms with Crippen LogP contribution in [0.3, 0.4) is 0 Å². The number of halogens is 1. The summed E-state index contributed by atoms with van der Waals surface area (Å²) in [6, 6.07) is 24.3. The van der Waals surface area contributed by atoms with Crippen LogP contribution < -0.4 is 5.32 Å². The van der Waals surface area contributed by atoms with E-state index in [9.17, 15) is 9.90 Å². The van der Waals surface area contributed by atoms with E-state index in [1.165, 1.54) is 0 Å². The Morgan fingerprint density at radius 2 is 1.52 bits per heavy atom. The van der Waals surface area contributed by atoms with Gasteiger partial charge in [-0.3, -0.25) is 4.79 Å². The number of aliphatic hydroxyl groups is 1. The summed E-state index contributed by atoms with van der Waals surface area (Å²) in [5.74, 6) is -0.259. The lowest BCUT2D eigenvalue weighted by Gasteiger charge is -2.22. The van der Waals surface area contributed by atoms with Gasteiger partial charge in [0.15, 0.2) is 0 Å². The molecule has 0 heterocycles. The molecular weight excluding hydrogens is 358 g/mol. The first kappa shape index (κ1) is 17.8. The minimum absolute atomic E-state index is 0.0801. The molecule has 0 spiro atoms. The van der Waals surface area contributed by atoms with Gasteiger partial charge >= 0.3 is 0 Å². The second-order valence-corrected chi connectivity index (χ2v) is 7.31. The Morgan fingerprint density at radius 1 is 0.889 bits per heavy atom. The van der Waals surface area contributed by atoms with E-state index in [0.717, 1.165) is 16.7 Å². The van der Waals surface area contributed by atoms with Crippen molar-refractivity contribution in [3.05, 3.63) is 106 Å². The van der Waals surface area contributed by atoms with Gasteiger partial charge in [0.1, 0.15) is 0 Å². The number of fused-ring (bicyclic) bond motifs is 1. The van der Waals surface area contributed by atoms with Crippen molar-refractivity contribution in [1.29, 1.82) is 0 Å². The van der Waals surface area contributed by atoms with Gasteiger partial charge in [-0.05, 0) is 47.4 Å². The van der Waals surface area contributed by atoms with E-state index < -0.39 is 12.1 Å². The van der Waals surface area contributed by atoms with E-state index in [2.05, 4.69) is 5.32 Å². The molecule has 0 saturated heterocycles. The predicted octanol–water partition coefficient (Wildman–Crippen LogP) is 4.51. The molecule has 0 radical (unpaired) electrons. The van der Waals surface area contributed by atoms with Crippen LogP contribution in [-0.2, 0) is 6.42 Å². The SMILES string of the molecule is O=C(N[C@H]1c2ccccc2[C@H](Cc2ccc(Cl)cc2)C1O)c1ccccc1. The standard InChI is InChI=1S/C23H20ClNO2/c24-17-12-10-15(11-13-17)14-20-18-8-4-5-9-19(18)21(22(20)26)25-23(27)16-6-2-1-3-7-16/h1-13,20-22,26H,14H2,(H,25,27)/t20-,21-,22?/m0/s1. The predicted molar refractivity (Wildman–Crippen MR) is 107 cm³/mol. The zero-order valence-corrected chi connectivity index (χ0v) is 15.4. The van der Waals surface area contributed by atoms with E-state index in [0.29, 0.717) is 17.0 Å². The van der Waals surface area contributed by atoms with Crippen molar-refractivity contribution in [1.82, 2.24) is 5.32 Å². The van der Waals surface area contributed by atoms with Crippen LogP contribution in [0.25, 0.3) is 0 Å². The molecule has 3 nitrogen and oxygen atoms in total. The highest BCUT2D eigenvalue weighted by Crippen LogP contribution is 2.42. The smallest absolute Gasteiger partial charge is 0.251 e. The van der Waals surface area contributed by atoms with E-state index in [1.807, 2.05) is 66.7 Å². The molecule has 1 unspecified atom stereocenters. The maximum absolute atomic E-state index is 12.6. The Labute approximate surface area is 163 Å². The first-order chi connectivity index (χ1) is 13.1. The number of carbonyl (C=O) groups excluding carboxylic acids is 1. The fourth-order valence-corrected chi connectivity index (χ4v) is 3.94. The van der Waals surface area contributed by atoms with Crippen molar-refractivity contribution >= 4 is 17.5 Å². The summed E-state index contributed by atoms with van der Waals surface area (Å²) < 4.78 is 0. The molecule has 0 aliphatic heterocycles. The number of benzene rings is 3. The van der Waals surface area contributed by atoms with Gasteiger partial charge in [-0.15, -0.1) is 0 Å². The zero-order valence-electron chi connectivity index (χ0n) is 14.7. The number of carbonyl (C=O) groups is 1. The van der Waals surface area contributed by atoms with Gasteiger partial charge in [0.2, 0.25) is 0 Å². The molecule has 2 N–H and O–H groups in total. The van der Waals surface area contributed by atoms with E-state index in [-0.39, 0.29) is 11.8 Å². The van der Waals surface area contributed by atoms with Crippen LogP contribution in [0.15, 0.2) is 78.9 Å². The van der Waals surface area contributed by atoms with Gasteiger partial charge in [0.25, 0.3) is 5.91 Å².